The van der Waals surface area contributed by atoms with Gasteiger partial charge in [0.15, 0.2) is 0 Å². The largest absolute Gasteiger partial charge is 0.460 e. The molecule has 0 atom stereocenters. The maximum atomic E-state index is 11.3. The molecule has 23 heavy (non-hydrogen) atoms. The van der Waals surface area contributed by atoms with Crippen LogP contribution in [-0.4, -0.2) is 16.9 Å². The molecule has 0 unspecified atom stereocenters. The van der Waals surface area contributed by atoms with Gasteiger partial charge in [0.05, 0.1) is 16.6 Å². The number of rotatable bonds is 5. The summed E-state index contributed by atoms with van der Waals surface area (Å²) in [6, 6.07) is 4.06. The molecule has 8 heteroatoms. The number of aryl methyl sites for hydroxylation is 1. The van der Waals surface area contributed by atoms with E-state index in [1.54, 1.807) is 6.92 Å². The lowest BCUT2D eigenvalue weighted by atomic mass is 10.1. The Morgan fingerprint density at radius 2 is 1.87 bits per heavy atom. The number of hydrogen-bond donors (Lipinski definition) is 0. The molecule has 0 aliphatic rings. The molecule has 2 aromatic rings. The number of nitro benzene ring substituents is 1. The first-order valence-corrected chi connectivity index (χ1v) is 6.87. The van der Waals surface area contributed by atoms with Crippen LogP contribution in [0, 0.1) is 10.1 Å². The van der Waals surface area contributed by atoms with E-state index in [9.17, 15) is 19.7 Å². The van der Waals surface area contributed by atoms with Crippen LogP contribution >= 0.6 is 0 Å². The summed E-state index contributed by atoms with van der Waals surface area (Å²) in [5, 5.41) is 11.3. The molecule has 0 spiro atoms. The Kier molecular flexibility index (Phi) is 4.63. The Bertz CT molecular complexity index is 761. The molecule has 0 aliphatic carbocycles. The van der Waals surface area contributed by atoms with Crippen LogP contribution in [0.15, 0.2) is 22.6 Å². The van der Waals surface area contributed by atoms with Crippen molar-refractivity contribution in [2.24, 2.45) is 0 Å². The zero-order chi connectivity index (χ0) is 17.1. The van der Waals surface area contributed by atoms with Crippen molar-refractivity contribution in [3.8, 4) is 0 Å². The molecule has 0 N–H and O–H groups in total. The zero-order valence-corrected chi connectivity index (χ0v) is 12.8. The molecule has 0 saturated heterocycles. The summed E-state index contributed by atoms with van der Waals surface area (Å²) in [5.41, 5.74) is 0.509. The number of nitro groups is 1. The van der Waals surface area contributed by atoms with Crippen molar-refractivity contribution in [1.82, 2.24) is 0 Å². The number of carbonyl (C=O) groups excluding carboxylic acids is 2. The molecule has 0 radical (unpaired) electrons. The van der Waals surface area contributed by atoms with E-state index in [2.05, 4.69) is 0 Å². The van der Waals surface area contributed by atoms with Crippen LogP contribution in [-0.2, 0) is 25.5 Å². The summed E-state index contributed by atoms with van der Waals surface area (Å²) in [6.07, 6.45) is -0.834. The van der Waals surface area contributed by atoms with Gasteiger partial charge in [-0.3, -0.25) is 19.7 Å². The highest BCUT2D eigenvalue weighted by Gasteiger charge is 2.28. The molecule has 0 bridgehead atoms. The summed E-state index contributed by atoms with van der Waals surface area (Å²) in [7, 11) is 0. The third-order valence-corrected chi connectivity index (χ3v) is 3.10. The maximum absolute atomic E-state index is 11.3. The Hall–Kier alpha value is -2.90. The van der Waals surface area contributed by atoms with Crippen LogP contribution in [0.3, 0.4) is 0 Å². The van der Waals surface area contributed by atoms with Crippen molar-refractivity contribution in [2.45, 2.75) is 33.5 Å². The first kappa shape index (κ1) is 16.5. The van der Waals surface area contributed by atoms with Gasteiger partial charge in [-0.25, -0.2) is 0 Å². The van der Waals surface area contributed by atoms with E-state index in [1.165, 1.54) is 32.0 Å². The fourth-order valence-electron chi connectivity index (χ4n) is 2.23. The number of nitrogens with zero attached hydrogens (tertiary/aromatic N) is 1. The highest BCUT2D eigenvalue weighted by Crippen LogP contribution is 2.35. The van der Waals surface area contributed by atoms with E-state index in [1.807, 2.05) is 0 Å². The second-order valence-electron chi connectivity index (χ2n) is 4.78. The average molecular weight is 321 g/mol. The zero-order valence-electron chi connectivity index (χ0n) is 12.8. The van der Waals surface area contributed by atoms with Crippen LogP contribution in [0.25, 0.3) is 11.0 Å². The summed E-state index contributed by atoms with van der Waals surface area (Å²) in [6.45, 7) is 4.18. The van der Waals surface area contributed by atoms with Crippen LogP contribution < -0.4 is 0 Å². The highest BCUT2D eigenvalue weighted by atomic mass is 16.7. The van der Waals surface area contributed by atoms with Gasteiger partial charge in [-0.2, -0.15) is 0 Å². The van der Waals surface area contributed by atoms with Crippen molar-refractivity contribution >= 4 is 28.6 Å². The van der Waals surface area contributed by atoms with Crippen molar-refractivity contribution in [2.75, 3.05) is 0 Å². The first-order valence-electron chi connectivity index (χ1n) is 6.87. The van der Waals surface area contributed by atoms with Crippen molar-refractivity contribution in [3.05, 3.63) is 39.6 Å². The predicted octanol–water partition coefficient (Wildman–Crippen LogP) is 3.03. The molecule has 0 aliphatic heterocycles. The second kappa shape index (κ2) is 6.47. The molecule has 2 rings (SSSR count). The molecule has 122 valence electrons. The van der Waals surface area contributed by atoms with E-state index in [0.717, 1.165) is 0 Å². The minimum absolute atomic E-state index is 0.128. The number of hydrogen-bond acceptors (Lipinski definition) is 7. The fourth-order valence-corrected chi connectivity index (χ4v) is 2.23. The minimum atomic E-state index is -1.26. The van der Waals surface area contributed by atoms with Crippen LogP contribution in [0.2, 0.25) is 0 Å². The molecule has 0 fully saturated rings. The molecular weight excluding hydrogens is 306 g/mol. The third-order valence-electron chi connectivity index (χ3n) is 3.10. The second-order valence-corrected chi connectivity index (χ2v) is 4.78. The summed E-state index contributed by atoms with van der Waals surface area (Å²) >= 11 is 0. The van der Waals surface area contributed by atoms with E-state index in [4.69, 9.17) is 13.9 Å². The lowest BCUT2D eigenvalue weighted by Crippen LogP contribution is -2.15. The third kappa shape index (κ3) is 3.47. The molecule has 8 nitrogen and oxygen atoms in total. The molecular formula is C15H15NO7. The van der Waals surface area contributed by atoms with Crippen LogP contribution in [0.4, 0.5) is 5.69 Å². The summed E-state index contributed by atoms with van der Waals surface area (Å²) in [5.74, 6) is -0.836. The van der Waals surface area contributed by atoms with Gasteiger partial charge in [0, 0.05) is 31.7 Å². The maximum Gasteiger partial charge on any atom is 0.305 e. The number of carbonyl (C=O) groups is 2. The average Bonchev–Trinajstić information content (AvgIpc) is 2.82. The van der Waals surface area contributed by atoms with E-state index in [0.29, 0.717) is 23.1 Å². The molecule has 1 aromatic heterocycles. The van der Waals surface area contributed by atoms with Gasteiger partial charge in [-0.1, -0.05) is 6.92 Å². The highest BCUT2D eigenvalue weighted by molar-refractivity contribution is 5.85. The monoisotopic (exact) mass is 321 g/mol. The minimum Gasteiger partial charge on any atom is -0.460 e. The van der Waals surface area contributed by atoms with E-state index < -0.39 is 23.2 Å². The number of ether oxygens (including phenoxy) is 2. The lowest BCUT2D eigenvalue weighted by molar-refractivity contribution is -0.384. The predicted molar refractivity (Wildman–Crippen MR) is 78.5 cm³/mol. The van der Waals surface area contributed by atoms with E-state index in [-0.39, 0.29) is 11.3 Å². The van der Waals surface area contributed by atoms with Crippen LogP contribution in [0.5, 0.6) is 0 Å². The lowest BCUT2D eigenvalue weighted by Gasteiger charge is -2.16. The van der Waals surface area contributed by atoms with Crippen molar-refractivity contribution < 1.29 is 28.4 Å². The van der Waals surface area contributed by atoms with Gasteiger partial charge >= 0.3 is 11.9 Å². The number of esters is 2. The SMILES string of the molecule is CCc1oc2cc([N+](=O)[O-])ccc2c1C(OC(C)=O)OC(C)=O. The normalized spacial score (nSPS) is 10.8. The van der Waals surface area contributed by atoms with E-state index >= 15 is 0 Å². The van der Waals surface area contributed by atoms with Crippen molar-refractivity contribution in [3.63, 3.8) is 0 Å². The number of fused-ring (bicyclic) bond motifs is 1. The molecule has 1 aromatic carbocycles. The van der Waals surface area contributed by atoms with Gasteiger partial charge in [0.25, 0.3) is 12.0 Å². The molecule has 1 heterocycles. The van der Waals surface area contributed by atoms with Gasteiger partial charge < -0.3 is 13.9 Å². The van der Waals surface area contributed by atoms with Crippen molar-refractivity contribution in [1.29, 1.82) is 0 Å². The fraction of sp³-hybridized carbons (Fsp3) is 0.333. The number of furan rings is 1. The number of benzene rings is 1. The Morgan fingerprint density at radius 3 is 2.35 bits per heavy atom. The smallest absolute Gasteiger partial charge is 0.305 e. The summed E-state index contributed by atoms with van der Waals surface area (Å²) in [4.78, 5) is 32.9. The standard InChI is InChI=1S/C15H15NO7/c1-4-12-14(15(21-8(2)17)22-9(3)18)11-6-5-10(16(19)20)7-13(11)23-12/h5-7,15H,4H2,1-3H3. The van der Waals surface area contributed by atoms with Gasteiger partial charge in [-0.15, -0.1) is 0 Å². The summed E-state index contributed by atoms with van der Waals surface area (Å²) < 4.78 is 15.7. The first-order chi connectivity index (χ1) is 10.8. The Balaban J connectivity index is 2.61. The van der Waals surface area contributed by atoms with Gasteiger partial charge in [0.1, 0.15) is 11.3 Å². The number of non-ortho nitro benzene ring substituents is 1. The quantitative estimate of drug-likeness (QED) is 0.360. The molecule has 0 saturated carbocycles. The van der Waals surface area contributed by atoms with Gasteiger partial charge in [-0.05, 0) is 6.07 Å². The van der Waals surface area contributed by atoms with Gasteiger partial charge in [0.2, 0.25) is 0 Å². The van der Waals surface area contributed by atoms with Crippen LogP contribution in [0.1, 0.15) is 38.4 Å². The molecule has 0 amide bonds. The Morgan fingerprint density at radius 1 is 1.26 bits per heavy atom. The topological polar surface area (TPSA) is 109 Å². The Labute approximate surface area is 131 Å².